The zero-order valence-electron chi connectivity index (χ0n) is 12.8. The van der Waals surface area contributed by atoms with Crippen LogP contribution in [-0.4, -0.2) is 17.5 Å². The number of carbonyl (C=O) groups excluding carboxylic acids is 3. The molecule has 0 spiro atoms. The van der Waals surface area contributed by atoms with Crippen molar-refractivity contribution in [1.82, 2.24) is 0 Å². The first-order valence-electron chi connectivity index (χ1n) is 7.34. The molecule has 2 saturated carbocycles. The van der Waals surface area contributed by atoms with Crippen LogP contribution in [0, 0.1) is 22.1 Å². The van der Waals surface area contributed by atoms with Crippen LogP contribution in [0.25, 0.3) is 0 Å². The highest BCUT2D eigenvalue weighted by Gasteiger charge is 2.77. The number of amides is 1. The van der Waals surface area contributed by atoms with E-state index < -0.39 is 39.5 Å². The highest BCUT2D eigenvalue weighted by Crippen LogP contribution is 2.69. The highest BCUT2D eigenvalue weighted by molar-refractivity contribution is 6.49. The van der Waals surface area contributed by atoms with E-state index in [1.165, 1.54) is 18.2 Å². The molecule has 116 valence electrons. The van der Waals surface area contributed by atoms with Crippen molar-refractivity contribution in [3.8, 4) is 0 Å². The Labute approximate surface area is 128 Å². The number of fused-ring (bicyclic) bond motifs is 2. The molecule has 1 aromatic carbocycles. The molecule has 2 fully saturated rings. The molecule has 0 aliphatic heterocycles. The van der Waals surface area contributed by atoms with Crippen molar-refractivity contribution in [2.24, 2.45) is 16.2 Å². The van der Waals surface area contributed by atoms with E-state index in [-0.39, 0.29) is 5.69 Å². The van der Waals surface area contributed by atoms with Gasteiger partial charge in [0.2, 0.25) is 17.5 Å². The normalized spacial score (nSPS) is 32.4. The molecule has 1 N–H and O–H groups in total. The van der Waals surface area contributed by atoms with Crippen LogP contribution in [0.3, 0.4) is 0 Å². The van der Waals surface area contributed by atoms with Crippen LogP contribution in [0.2, 0.25) is 0 Å². The van der Waals surface area contributed by atoms with Gasteiger partial charge in [-0.25, -0.2) is 4.39 Å². The Morgan fingerprint density at radius 1 is 1.09 bits per heavy atom. The number of hydrogen-bond acceptors (Lipinski definition) is 3. The molecule has 0 radical (unpaired) electrons. The molecule has 5 heteroatoms. The molecule has 2 aliphatic carbocycles. The van der Waals surface area contributed by atoms with Gasteiger partial charge in [0.15, 0.2) is 0 Å². The largest absolute Gasteiger partial charge is 0.323 e. The van der Waals surface area contributed by atoms with Crippen LogP contribution >= 0.6 is 0 Å². The summed E-state index contributed by atoms with van der Waals surface area (Å²) in [6, 6.07) is 5.79. The number of nitrogens with one attached hydrogen (secondary N) is 1. The SMILES string of the molecule is CC1(C)[C@]2(C(=O)Nc3ccccc3F)CC[C@@]1(C)C(=O)C2=O. The lowest BCUT2D eigenvalue weighted by atomic mass is 9.64. The average molecular weight is 303 g/mol. The fraction of sp³-hybridized carbons (Fsp3) is 0.471. The minimum atomic E-state index is -1.40. The third kappa shape index (κ3) is 1.44. The zero-order chi connectivity index (χ0) is 16.3. The van der Waals surface area contributed by atoms with Crippen LogP contribution in [0.5, 0.6) is 0 Å². The first-order valence-corrected chi connectivity index (χ1v) is 7.34. The Balaban J connectivity index is 2.04. The minimum absolute atomic E-state index is 0.0263. The van der Waals surface area contributed by atoms with Crippen LogP contribution < -0.4 is 5.32 Å². The third-order valence-corrected chi connectivity index (χ3v) is 6.05. The standard InChI is InChI=1S/C17H18FNO3/c1-15(2)16(3)8-9-17(15,13(21)12(16)20)14(22)19-11-7-5-4-6-10(11)18/h4-7H,8-9H2,1-3H3,(H,19,22)/t16-,17+/m0/s1. The fourth-order valence-corrected chi connectivity index (χ4v) is 4.06. The predicted molar refractivity (Wildman–Crippen MR) is 78.6 cm³/mol. The summed E-state index contributed by atoms with van der Waals surface area (Å²) >= 11 is 0. The summed E-state index contributed by atoms with van der Waals surface area (Å²) in [6.07, 6.45) is 0.816. The molecule has 22 heavy (non-hydrogen) atoms. The van der Waals surface area contributed by atoms with Crippen LogP contribution in [-0.2, 0) is 14.4 Å². The van der Waals surface area contributed by atoms with Gasteiger partial charge in [0.25, 0.3) is 0 Å². The molecular formula is C17H18FNO3. The van der Waals surface area contributed by atoms with Crippen molar-refractivity contribution >= 4 is 23.2 Å². The summed E-state index contributed by atoms with van der Waals surface area (Å²) in [5.41, 5.74) is -2.99. The fourth-order valence-electron chi connectivity index (χ4n) is 4.06. The second kappa shape index (κ2) is 4.24. The van der Waals surface area contributed by atoms with Crippen molar-refractivity contribution in [3.63, 3.8) is 0 Å². The molecular weight excluding hydrogens is 285 g/mol. The van der Waals surface area contributed by atoms with E-state index in [2.05, 4.69) is 5.32 Å². The number of carbonyl (C=O) groups is 3. The maximum atomic E-state index is 13.8. The Hall–Kier alpha value is -2.04. The summed E-state index contributed by atoms with van der Waals surface area (Å²) in [4.78, 5) is 37.7. The lowest BCUT2D eigenvalue weighted by Crippen LogP contribution is -2.47. The lowest BCUT2D eigenvalue weighted by molar-refractivity contribution is -0.147. The molecule has 2 bridgehead atoms. The van der Waals surface area contributed by atoms with E-state index in [0.717, 1.165) is 0 Å². The molecule has 3 rings (SSSR count). The van der Waals surface area contributed by atoms with Crippen molar-refractivity contribution < 1.29 is 18.8 Å². The predicted octanol–water partition coefficient (Wildman–Crippen LogP) is 2.73. The van der Waals surface area contributed by atoms with Gasteiger partial charge in [-0.05, 0) is 30.4 Å². The van der Waals surface area contributed by atoms with Gasteiger partial charge in [-0.15, -0.1) is 0 Å². The molecule has 0 saturated heterocycles. The van der Waals surface area contributed by atoms with Gasteiger partial charge in [-0.2, -0.15) is 0 Å². The van der Waals surface area contributed by atoms with Crippen LogP contribution in [0.1, 0.15) is 33.6 Å². The van der Waals surface area contributed by atoms with Crippen molar-refractivity contribution in [2.45, 2.75) is 33.6 Å². The van der Waals surface area contributed by atoms with Crippen LogP contribution in [0.4, 0.5) is 10.1 Å². The molecule has 1 amide bonds. The van der Waals surface area contributed by atoms with E-state index in [1.807, 2.05) is 0 Å². The third-order valence-electron chi connectivity index (χ3n) is 6.05. The number of para-hydroxylation sites is 1. The number of hydrogen-bond donors (Lipinski definition) is 1. The topological polar surface area (TPSA) is 63.2 Å². The highest BCUT2D eigenvalue weighted by atomic mass is 19.1. The van der Waals surface area contributed by atoms with Crippen LogP contribution in [0.15, 0.2) is 24.3 Å². The van der Waals surface area contributed by atoms with Crippen molar-refractivity contribution in [1.29, 1.82) is 0 Å². The monoisotopic (exact) mass is 303 g/mol. The number of Topliss-reactive ketones (excluding diaryl/α,β-unsaturated/α-hetero) is 2. The summed E-state index contributed by atoms with van der Waals surface area (Å²) in [7, 11) is 0. The average Bonchev–Trinajstić information content (AvgIpc) is 2.74. The molecule has 0 unspecified atom stereocenters. The van der Waals surface area contributed by atoms with Gasteiger partial charge >= 0.3 is 0 Å². The van der Waals surface area contributed by atoms with Gasteiger partial charge < -0.3 is 5.32 Å². The van der Waals surface area contributed by atoms with E-state index in [0.29, 0.717) is 12.8 Å². The molecule has 4 nitrogen and oxygen atoms in total. The van der Waals surface area contributed by atoms with E-state index in [9.17, 15) is 18.8 Å². The quantitative estimate of drug-likeness (QED) is 0.675. The number of benzene rings is 1. The van der Waals surface area contributed by atoms with Gasteiger partial charge in [0.05, 0.1) is 5.69 Å². The summed E-state index contributed by atoms with van der Waals surface area (Å²) in [5, 5.41) is 2.51. The summed E-state index contributed by atoms with van der Waals surface area (Å²) in [5.74, 6) is -2.27. The van der Waals surface area contributed by atoms with Gasteiger partial charge in [-0.1, -0.05) is 32.9 Å². The molecule has 2 aliphatic rings. The zero-order valence-corrected chi connectivity index (χ0v) is 12.8. The molecule has 0 aromatic heterocycles. The number of rotatable bonds is 2. The van der Waals surface area contributed by atoms with Gasteiger partial charge in [-0.3, -0.25) is 14.4 Å². The molecule has 1 aromatic rings. The van der Waals surface area contributed by atoms with Crippen molar-refractivity contribution in [3.05, 3.63) is 30.1 Å². The summed E-state index contributed by atoms with van der Waals surface area (Å²) < 4.78 is 13.8. The number of halogens is 1. The number of anilines is 1. The van der Waals surface area contributed by atoms with E-state index >= 15 is 0 Å². The second-order valence-electron chi connectivity index (χ2n) is 6.95. The van der Waals surface area contributed by atoms with E-state index in [1.54, 1.807) is 26.8 Å². The lowest BCUT2D eigenvalue weighted by Gasteiger charge is -2.37. The van der Waals surface area contributed by atoms with Gasteiger partial charge in [0.1, 0.15) is 11.2 Å². The smallest absolute Gasteiger partial charge is 0.239 e. The second-order valence-corrected chi connectivity index (χ2v) is 6.95. The summed E-state index contributed by atoms with van der Waals surface area (Å²) in [6.45, 7) is 5.31. The van der Waals surface area contributed by atoms with Crippen molar-refractivity contribution in [2.75, 3.05) is 5.32 Å². The Morgan fingerprint density at radius 2 is 1.73 bits per heavy atom. The Kier molecular flexibility index (Phi) is 2.87. The Morgan fingerprint density at radius 3 is 2.27 bits per heavy atom. The molecule has 2 atom stereocenters. The first-order chi connectivity index (χ1) is 10.2. The maximum absolute atomic E-state index is 13.8. The minimum Gasteiger partial charge on any atom is -0.323 e. The van der Waals surface area contributed by atoms with Gasteiger partial charge in [0, 0.05) is 5.41 Å². The number of ketones is 2. The Bertz CT molecular complexity index is 712. The maximum Gasteiger partial charge on any atom is 0.239 e. The van der Waals surface area contributed by atoms with E-state index in [4.69, 9.17) is 0 Å². The molecule has 0 heterocycles. The first kappa shape index (κ1) is 14.9.